The lowest BCUT2D eigenvalue weighted by molar-refractivity contribution is -0.144. The number of nitrogens with zero attached hydrogens (tertiary/aromatic N) is 1. The highest BCUT2D eigenvalue weighted by Crippen LogP contribution is 2.29. The second-order valence-corrected chi connectivity index (χ2v) is 6.37. The van der Waals surface area contributed by atoms with Crippen LogP contribution in [0.3, 0.4) is 0 Å². The first kappa shape index (κ1) is 17.1. The lowest BCUT2D eigenvalue weighted by Gasteiger charge is -2.42. The molecule has 4 nitrogen and oxygen atoms in total. The number of carboxylic acid groups (broad SMARTS) is 1. The van der Waals surface area contributed by atoms with Crippen LogP contribution in [0.25, 0.3) is 0 Å². The Balaban J connectivity index is 1.65. The van der Waals surface area contributed by atoms with Gasteiger partial charge in [-0.05, 0) is 42.7 Å². The van der Waals surface area contributed by atoms with Crippen LogP contribution in [0.1, 0.15) is 18.4 Å². The zero-order chi connectivity index (χ0) is 17.8. The number of carbonyl (C=O) groups is 2. The topological polar surface area (TPSA) is 57.6 Å². The van der Waals surface area contributed by atoms with Crippen LogP contribution in [0.5, 0.6) is 0 Å². The van der Waals surface area contributed by atoms with Crippen LogP contribution in [0, 0.1) is 11.7 Å². The summed E-state index contributed by atoms with van der Waals surface area (Å²) in [4.78, 5) is 26.1. The van der Waals surface area contributed by atoms with Crippen LogP contribution < -0.4 is 4.90 Å². The smallest absolute Gasteiger partial charge is 0.307 e. The van der Waals surface area contributed by atoms with E-state index >= 15 is 0 Å². The molecular formula is C20H20FNO3. The minimum atomic E-state index is -0.954. The van der Waals surface area contributed by atoms with Crippen molar-refractivity contribution in [3.63, 3.8) is 0 Å². The van der Waals surface area contributed by atoms with Gasteiger partial charge in [-0.1, -0.05) is 30.3 Å². The molecule has 130 valence electrons. The minimum absolute atomic E-state index is 0.00654. The normalized spacial score (nSPS) is 17.6. The van der Waals surface area contributed by atoms with Crippen molar-refractivity contribution < 1.29 is 19.1 Å². The molecule has 1 heterocycles. The van der Waals surface area contributed by atoms with Gasteiger partial charge in [0.15, 0.2) is 5.78 Å². The fourth-order valence-corrected chi connectivity index (χ4v) is 3.19. The first-order valence-corrected chi connectivity index (χ1v) is 8.36. The van der Waals surface area contributed by atoms with Gasteiger partial charge in [0.1, 0.15) is 5.82 Å². The number of carbonyl (C=O) groups excluding carboxylic acids is 1. The van der Waals surface area contributed by atoms with E-state index < -0.39 is 11.9 Å². The fourth-order valence-electron chi connectivity index (χ4n) is 3.19. The number of carboxylic acids is 1. The maximum absolute atomic E-state index is 13.0. The molecule has 5 heteroatoms. The third kappa shape index (κ3) is 4.05. The molecule has 1 aliphatic heterocycles. The summed E-state index contributed by atoms with van der Waals surface area (Å²) in [5.41, 5.74) is 1.70. The first-order valence-electron chi connectivity index (χ1n) is 8.36. The SMILES string of the molecule is O=C(O)[C@@H](CC(=O)[C@@H]1CCN1c1ccc(F)cc1)Cc1ccccc1. The van der Waals surface area contributed by atoms with Gasteiger partial charge in [-0.3, -0.25) is 9.59 Å². The molecule has 0 unspecified atom stereocenters. The van der Waals surface area contributed by atoms with Crippen LogP contribution in [0.15, 0.2) is 54.6 Å². The Morgan fingerprint density at radius 2 is 1.80 bits per heavy atom. The summed E-state index contributed by atoms with van der Waals surface area (Å²) in [5, 5.41) is 9.46. The number of rotatable bonds is 7. The van der Waals surface area contributed by atoms with E-state index in [1.807, 2.05) is 35.2 Å². The van der Waals surface area contributed by atoms with E-state index in [4.69, 9.17) is 0 Å². The van der Waals surface area contributed by atoms with Crippen molar-refractivity contribution in [2.75, 3.05) is 11.4 Å². The molecule has 0 radical (unpaired) electrons. The Bertz CT molecular complexity index is 745. The number of anilines is 1. The predicted octanol–water partition coefficient (Wildman–Crippen LogP) is 3.31. The molecule has 0 aliphatic carbocycles. The number of hydrogen-bond donors (Lipinski definition) is 1. The minimum Gasteiger partial charge on any atom is -0.481 e. The quantitative estimate of drug-likeness (QED) is 0.839. The predicted molar refractivity (Wildman–Crippen MR) is 93.0 cm³/mol. The van der Waals surface area contributed by atoms with Crippen LogP contribution in [-0.2, 0) is 16.0 Å². The molecule has 0 bridgehead atoms. The molecular weight excluding hydrogens is 321 g/mol. The van der Waals surface area contributed by atoms with Crippen molar-refractivity contribution in [2.45, 2.75) is 25.3 Å². The third-order valence-electron chi connectivity index (χ3n) is 4.67. The van der Waals surface area contributed by atoms with Crippen LogP contribution in [0.2, 0.25) is 0 Å². The number of ketones is 1. The monoisotopic (exact) mass is 341 g/mol. The van der Waals surface area contributed by atoms with Crippen LogP contribution >= 0.6 is 0 Å². The van der Waals surface area contributed by atoms with Gasteiger partial charge in [0.2, 0.25) is 0 Å². The summed E-state index contributed by atoms with van der Waals surface area (Å²) in [7, 11) is 0. The van der Waals surface area contributed by atoms with Gasteiger partial charge in [0.25, 0.3) is 0 Å². The number of aliphatic carboxylic acids is 1. The second-order valence-electron chi connectivity index (χ2n) is 6.37. The summed E-state index contributed by atoms with van der Waals surface area (Å²) in [6.07, 6.45) is 1.05. The maximum atomic E-state index is 13.0. The second kappa shape index (κ2) is 7.47. The molecule has 0 amide bonds. The van der Waals surface area contributed by atoms with Crippen molar-refractivity contribution in [2.24, 2.45) is 5.92 Å². The lowest BCUT2D eigenvalue weighted by atomic mass is 9.88. The standard InChI is InChI=1S/C20H20FNO3/c21-16-6-8-17(9-7-16)22-11-10-18(22)19(23)13-15(20(24)25)12-14-4-2-1-3-5-14/h1-9,15,18H,10-13H2,(H,24,25)/t15-,18+/m1/s1. The summed E-state index contributed by atoms with van der Waals surface area (Å²) in [6.45, 7) is 0.721. The first-order chi connectivity index (χ1) is 12.0. The zero-order valence-corrected chi connectivity index (χ0v) is 13.8. The molecule has 0 spiro atoms. The average Bonchev–Trinajstić information content (AvgIpc) is 2.56. The zero-order valence-electron chi connectivity index (χ0n) is 13.8. The van der Waals surface area contributed by atoms with E-state index in [1.54, 1.807) is 12.1 Å². The summed E-state index contributed by atoms with van der Waals surface area (Å²) >= 11 is 0. The molecule has 3 rings (SSSR count). The molecule has 25 heavy (non-hydrogen) atoms. The van der Waals surface area contributed by atoms with Crippen molar-refractivity contribution in [1.82, 2.24) is 0 Å². The molecule has 1 N–H and O–H groups in total. The molecule has 1 saturated heterocycles. The highest BCUT2D eigenvalue weighted by molar-refractivity contribution is 5.91. The molecule has 1 aliphatic rings. The van der Waals surface area contributed by atoms with Gasteiger partial charge in [-0.2, -0.15) is 0 Å². The van der Waals surface area contributed by atoms with Gasteiger partial charge in [0, 0.05) is 18.7 Å². The molecule has 0 aromatic heterocycles. The van der Waals surface area contributed by atoms with Gasteiger partial charge in [-0.25, -0.2) is 4.39 Å². The van der Waals surface area contributed by atoms with Crippen molar-refractivity contribution in [3.05, 3.63) is 66.0 Å². The van der Waals surface area contributed by atoms with E-state index in [0.717, 1.165) is 17.8 Å². The van der Waals surface area contributed by atoms with Crippen LogP contribution in [0.4, 0.5) is 10.1 Å². The fraction of sp³-hybridized carbons (Fsp3) is 0.300. The summed E-state index contributed by atoms with van der Waals surface area (Å²) < 4.78 is 13.0. The van der Waals surface area contributed by atoms with Gasteiger partial charge in [0.05, 0.1) is 12.0 Å². The van der Waals surface area contributed by atoms with E-state index in [2.05, 4.69) is 0 Å². The molecule has 2 aromatic carbocycles. The Kier molecular flexibility index (Phi) is 5.12. The Labute approximate surface area is 145 Å². The molecule has 0 saturated carbocycles. The van der Waals surface area contributed by atoms with Crippen molar-refractivity contribution >= 4 is 17.4 Å². The van der Waals surface area contributed by atoms with E-state index in [9.17, 15) is 19.1 Å². The van der Waals surface area contributed by atoms with E-state index in [-0.39, 0.29) is 24.1 Å². The highest BCUT2D eigenvalue weighted by atomic mass is 19.1. The van der Waals surface area contributed by atoms with E-state index in [1.165, 1.54) is 12.1 Å². The van der Waals surface area contributed by atoms with Gasteiger partial charge >= 0.3 is 5.97 Å². The van der Waals surface area contributed by atoms with Crippen molar-refractivity contribution in [3.8, 4) is 0 Å². The van der Waals surface area contributed by atoms with Crippen molar-refractivity contribution in [1.29, 1.82) is 0 Å². The lowest BCUT2D eigenvalue weighted by Crippen LogP contribution is -2.53. The Morgan fingerprint density at radius 1 is 1.12 bits per heavy atom. The van der Waals surface area contributed by atoms with E-state index in [0.29, 0.717) is 12.8 Å². The largest absolute Gasteiger partial charge is 0.481 e. The maximum Gasteiger partial charge on any atom is 0.307 e. The number of benzene rings is 2. The number of hydrogen-bond acceptors (Lipinski definition) is 3. The summed E-state index contributed by atoms with van der Waals surface area (Å²) in [6, 6.07) is 15.0. The summed E-state index contributed by atoms with van der Waals surface area (Å²) in [5.74, 6) is -2.07. The molecule has 2 aromatic rings. The Morgan fingerprint density at radius 3 is 2.36 bits per heavy atom. The van der Waals surface area contributed by atoms with Gasteiger partial charge in [-0.15, -0.1) is 0 Å². The van der Waals surface area contributed by atoms with Gasteiger partial charge < -0.3 is 10.0 Å². The number of Topliss-reactive ketones (excluding diaryl/α,β-unsaturated/α-hetero) is 1. The molecule has 1 fully saturated rings. The average molecular weight is 341 g/mol. The highest BCUT2D eigenvalue weighted by Gasteiger charge is 2.36. The molecule has 2 atom stereocenters. The number of halogens is 1. The van der Waals surface area contributed by atoms with Crippen LogP contribution in [-0.4, -0.2) is 29.4 Å². The third-order valence-corrected chi connectivity index (χ3v) is 4.67. The Hall–Kier alpha value is -2.69.